The molecule has 0 spiro atoms. The molecule has 1 N–H and O–H groups in total. The first-order valence-electron chi connectivity index (χ1n) is 6.13. The monoisotopic (exact) mass is 300 g/mol. The topological polar surface area (TPSA) is 109 Å². The molecule has 9 heteroatoms. The van der Waals surface area contributed by atoms with Crippen LogP contribution in [0.1, 0.15) is 26.2 Å². The van der Waals surface area contributed by atoms with Crippen LogP contribution in [0.25, 0.3) is 0 Å². The molecule has 0 radical (unpaired) electrons. The fraction of sp³-hybridized carbons (Fsp3) is 0.545. The summed E-state index contributed by atoms with van der Waals surface area (Å²) in [6.45, 7) is 1.71. The van der Waals surface area contributed by atoms with Crippen molar-refractivity contribution in [3.8, 4) is 0 Å². The Labute approximate surface area is 119 Å². The minimum atomic E-state index is -1.04. The Kier molecular flexibility index (Phi) is 4.03. The zero-order valence-corrected chi connectivity index (χ0v) is 11.4. The molecule has 2 rings (SSSR count). The molecule has 1 aliphatic carbocycles. The number of carbonyl (C=O) groups is 1. The maximum atomic E-state index is 11.4. The van der Waals surface area contributed by atoms with E-state index in [1.807, 2.05) is 0 Å². The lowest BCUT2D eigenvalue weighted by Crippen LogP contribution is -2.43. The van der Waals surface area contributed by atoms with Crippen LogP contribution < -0.4 is 4.90 Å². The standard InChI is InChI=1S/C11H13ClN4O4/c1-2-7(10(17)18)15(6-3-4-6)9-8(16(19)20)5-13-11(12)14-9/h5-7H,2-4H2,1H3,(H,17,18). The predicted molar refractivity (Wildman–Crippen MR) is 70.9 cm³/mol. The van der Waals surface area contributed by atoms with Crippen LogP contribution in [-0.2, 0) is 4.79 Å². The van der Waals surface area contributed by atoms with Crippen molar-refractivity contribution in [3.05, 3.63) is 21.6 Å². The second-order valence-electron chi connectivity index (χ2n) is 4.51. The molecule has 0 bridgehead atoms. The highest BCUT2D eigenvalue weighted by atomic mass is 35.5. The van der Waals surface area contributed by atoms with Gasteiger partial charge in [0.25, 0.3) is 0 Å². The van der Waals surface area contributed by atoms with Gasteiger partial charge in [-0.05, 0) is 30.9 Å². The Balaban J connectivity index is 2.51. The molecule has 0 aromatic carbocycles. The van der Waals surface area contributed by atoms with Gasteiger partial charge in [-0.2, -0.15) is 4.98 Å². The average Bonchev–Trinajstić information content (AvgIpc) is 3.18. The number of halogens is 1. The molecule has 1 saturated carbocycles. The molecule has 1 heterocycles. The van der Waals surface area contributed by atoms with Crippen molar-refractivity contribution in [1.82, 2.24) is 9.97 Å². The van der Waals surface area contributed by atoms with Crippen LogP contribution >= 0.6 is 11.6 Å². The fourth-order valence-corrected chi connectivity index (χ4v) is 2.21. The van der Waals surface area contributed by atoms with E-state index in [2.05, 4.69) is 9.97 Å². The smallest absolute Gasteiger partial charge is 0.329 e. The van der Waals surface area contributed by atoms with Crippen LogP contribution in [0.2, 0.25) is 5.28 Å². The van der Waals surface area contributed by atoms with Gasteiger partial charge >= 0.3 is 11.7 Å². The van der Waals surface area contributed by atoms with Crippen molar-refractivity contribution < 1.29 is 14.8 Å². The molecule has 0 amide bonds. The summed E-state index contributed by atoms with van der Waals surface area (Å²) in [6, 6.07) is -0.923. The van der Waals surface area contributed by atoms with E-state index in [1.54, 1.807) is 6.92 Å². The van der Waals surface area contributed by atoms with Crippen LogP contribution in [0, 0.1) is 10.1 Å². The van der Waals surface area contributed by atoms with Gasteiger partial charge in [-0.25, -0.2) is 9.78 Å². The number of nitrogens with zero attached hydrogens (tertiary/aromatic N) is 4. The summed E-state index contributed by atoms with van der Waals surface area (Å²) in [4.78, 5) is 30.8. The Morgan fingerprint density at radius 2 is 2.35 bits per heavy atom. The van der Waals surface area contributed by atoms with Gasteiger partial charge in [-0.15, -0.1) is 0 Å². The van der Waals surface area contributed by atoms with Crippen molar-refractivity contribution in [2.75, 3.05) is 4.90 Å². The van der Waals surface area contributed by atoms with Crippen LogP contribution in [0.5, 0.6) is 0 Å². The van der Waals surface area contributed by atoms with Crippen molar-refractivity contribution in [2.45, 2.75) is 38.3 Å². The van der Waals surface area contributed by atoms with Crippen molar-refractivity contribution >= 4 is 29.1 Å². The van der Waals surface area contributed by atoms with E-state index in [0.717, 1.165) is 19.0 Å². The highest BCUT2D eigenvalue weighted by Crippen LogP contribution is 2.37. The number of anilines is 1. The van der Waals surface area contributed by atoms with Gasteiger partial charge in [-0.1, -0.05) is 6.92 Å². The number of rotatable bonds is 6. The minimum absolute atomic E-state index is 0.0215. The summed E-state index contributed by atoms with van der Waals surface area (Å²) in [7, 11) is 0. The third-order valence-electron chi connectivity index (χ3n) is 3.11. The van der Waals surface area contributed by atoms with Crippen LogP contribution in [0.15, 0.2) is 6.20 Å². The van der Waals surface area contributed by atoms with Crippen LogP contribution in [0.4, 0.5) is 11.5 Å². The van der Waals surface area contributed by atoms with Gasteiger partial charge < -0.3 is 10.0 Å². The Morgan fingerprint density at radius 1 is 1.70 bits per heavy atom. The average molecular weight is 301 g/mol. The maximum Gasteiger partial charge on any atom is 0.329 e. The number of aliphatic carboxylic acids is 1. The molecular weight excluding hydrogens is 288 g/mol. The number of hydrogen-bond acceptors (Lipinski definition) is 6. The molecule has 0 saturated heterocycles. The van der Waals surface area contributed by atoms with E-state index < -0.39 is 16.9 Å². The van der Waals surface area contributed by atoms with E-state index >= 15 is 0 Å². The molecule has 108 valence electrons. The third-order valence-corrected chi connectivity index (χ3v) is 3.29. The lowest BCUT2D eigenvalue weighted by atomic mass is 10.2. The molecule has 1 aliphatic rings. The predicted octanol–water partition coefficient (Wildman–Crippen LogP) is 1.87. The van der Waals surface area contributed by atoms with Gasteiger partial charge in [0.05, 0.1) is 4.92 Å². The number of nitro groups is 1. The van der Waals surface area contributed by atoms with Gasteiger partial charge in [-0.3, -0.25) is 10.1 Å². The molecule has 1 aromatic heterocycles. The zero-order valence-electron chi connectivity index (χ0n) is 10.7. The summed E-state index contributed by atoms with van der Waals surface area (Å²) in [5.74, 6) is -1.06. The van der Waals surface area contributed by atoms with E-state index in [9.17, 15) is 20.0 Å². The molecule has 1 unspecified atom stereocenters. The number of aromatic nitrogens is 2. The molecular formula is C11H13ClN4O4. The Morgan fingerprint density at radius 3 is 2.80 bits per heavy atom. The summed E-state index contributed by atoms with van der Waals surface area (Å²) in [5.41, 5.74) is -0.332. The number of hydrogen-bond donors (Lipinski definition) is 1. The summed E-state index contributed by atoms with van der Waals surface area (Å²) >= 11 is 5.70. The third kappa shape index (κ3) is 2.79. The van der Waals surface area contributed by atoms with Gasteiger partial charge in [0.2, 0.25) is 11.1 Å². The first-order chi connectivity index (χ1) is 9.45. The first-order valence-corrected chi connectivity index (χ1v) is 6.51. The lowest BCUT2D eigenvalue weighted by Gasteiger charge is -2.28. The van der Waals surface area contributed by atoms with E-state index in [1.165, 1.54) is 4.90 Å². The van der Waals surface area contributed by atoms with Crippen molar-refractivity contribution in [3.63, 3.8) is 0 Å². The molecule has 1 atom stereocenters. The normalized spacial score (nSPS) is 15.7. The second-order valence-corrected chi connectivity index (χ2v) is 4.84. The summed E-state index contributed by atoms with van der Waals surface area (Å²) < 4.78 is 0. The second kappa shape index (κ2) is 5.58. The molecule has 20 heavy (non-hydrogen) atoms. The largest absolute Gasteiger partial charge is 0.480 e. The molecule has 0 aliphatic heterocycles. The quantitative estimate of drug-likeness (QED) is 0.485. The van der Waals surface area contributed by atoms with Crippen molar-refractivity contribution in [1.29, 1.82) is 0 Å². The summed E-state index contributed by atoms with van der Waals surface area (Å²) in [5, 5.41) is 20.2. The zero-order chi connectivity index (χ0) is 14.9. The van der Waals surface area contributed by atoms with E-state index in [-0.39, 0.29) is 22.8 Å². The highest BCUT2D eigenvalue weighted by Gasteiger charge is 2.40. The minimum Gasteiger partial charge on any atom is -0.480 e. The molecule has 8 nitrogen and oxygen atoms in total. The highest BCUT2D eigenvalue weighted by molar-refractivity contribution is 6.28. The van der Waals surface area contributed by atoms with E-state index in [0.29, 0.717) is 6.42 Å². The van der Waals surface area contributed by atoms with Crippen LogP contribution in [-0.4, -0.2) is 38.1 Å². The summed E-state index contributed by atoms with van der Waals surface area (Å²) in [6.07, 6.45) is 2.88. The Hall–Kier alpha value is -1.96. The van der Waals surface area contributed by atoms with Crippen LogP contribution in [0.3, 0.4) is 0 Å². The van der Waals surface area contributed by atoms with Gasteiger partial charge in [0.15, 0.2) is 0 Å². The number of carboxylic acid groups (broad SMARTS) is 1. The fourth-order valence-electron chi connectivity index (χ4n) is 2.08. The SMILES string of the molecule is CCC(C(=O)O)N(c1nc(Cl)ncc1[N+](=O)[O-])C1CC1. The lowest BCUT2D eigenvalue weighted by molar-refractivity contribution is -0.384. The van der Waals surface area contributed by atoms with E-state index in [4.69, 9.17) is 11.6 Å². The maximum absolute atomic E-state index is 11.4. The van der Waals surface area contributed by atoms with Gasteiger partial charge in [0, 0.05) is 6.04 Å². The Bertz CT molecular complexity index is 549. The number of carboxylic acids is 1. The molecule has 1 aromatic rings. The first kappa shape index (κ1) is 14.4. The van der Waals surface area contributed by atoms with Crippen molar-refractivity contribution in [2.24, 2.45) is 0 Å². The molecule has 1 fully saturated rings. The van der Waals surface area contributed by atoms with Gasteiger partial charge in [0.1, 0.15) is 12.2 Å².